The quantitative estimate of drug-likeness (QED) is 0.338. The second-order valence-corrected chi connectivity index (χ2v) is 12.4. The molecule has 4 aliphatic rings. The molecule has 2 aliphatic carbocycles. The van der Waals surface area contributed by atoms with E-state index < -0.39 is 5.92 Å². The highest BCUT2D eigenvalue weighted by Crippen LogP contribution is 2.41. The van der Waals surface area contributed by atoms with Gasteiger partial charge >= 0.3 is 0 Å². The molecule has 230 valence electrons. The molecular formula is C34H52N6O2. The standard InChI is InChI=1S/C34H52N6O2/c1-5-37(6-2)29-15-11-27(12-16-29)31-33(41)32(34(31)42)28-13-17-30(18-14-28)38(25-23-35(3)39-19-7-8-20-39)26-24-36(4)40-21-9-10-22-40/h11-18,28,30,32,41H,5-10,19-26H2,1-4H3. The molecule has 8 nitrogen and oxygen atoms in total. The lowest BCUT2D eigenvalue weighted by atomic mass is 9.71. The highest BCUT2D eigenvalue weighted by Gasteiger charge is 2.39. The zero-order valence-corrected chi connectivity index (χ0v) is 26.3. The van der Waals surface area contributed by atoms with E-state index in [1.165, 1.54) is 30.6 Å². The van der Waals surface area contributed by atoms with Crippen LogP contribution < -0.4 is 14.9 Å². The molecule has 0 saturated carbocycles. The third kappa shape index (κ3) is 6.84. The van der Waals surface area contributed by atoms with E-state index in [2.05, 4.69) is 77.2 Å². The van der Waals surface area contributed by atoms with Crippen LogP contribution in [0.25, 0.3) is 5.57 Å². The van der Waals surface area contributed by atoms with Gasteiger partial charge in [-0.3, -0.25) is 4.79 Å². The molecule has 42 heavy (non-hydrogen) atoms. The van der Waals surface area contributed by atoms with Crippen LogP contribution in [-0.4, -0.2) is 111 Å². The Balaban J connectivity index is 1.22. The molecule has 0 radical (unpaired) electrons. The van der Waals surface area contributed by atoms with Gasteiger partial charge in [-0.2, -0.15) is 0 Å². The number of carbonyl (C=O) groups excluding carboxylic acids is 1. The Morgan fingerprint density at radius 3 is 1.76 bits per heavy atom. The van der Waals surface area contributed by atoms with Crippen LogP contribution in [0.15, 0.2) is 54.3 Å². The number of nitrogens with zero attached hydrogens (tertiary/aromatic N) is 5. The number of hydrogen-bond acceptors (Lipinski definition) is 7. The summed E-state index contributed by atoms with van der Waals surface area (Å²) in [7, 11) is 4.45. The minimum Gasteiger partial charge on any atom is -0.874 e. The minimum absolute atomic E-state index is 0.0166. The first-order valence-electron chi connectivity index (χ1n) is 16.3. The Morgan fingerprint density at radius 2 is 1.31 bits per heavy atom. The highest BCUT2D eigenvalue weighted by atomic mass is 16.3. The van der Waals surface area contributed by atoms with E-state index in [0.717, 1.165) is 76.7 Å². The number of likely N-dealkylation sites (N-methyl/N-ethyl adjacent to an activating group) is 2. The molecule has 2 fully saturated rings. The van der Waals surface area contributed by atoms with E-state index in [1.54, 1.807) is 0 Å². The Kier molecular flexibility index (Phi) is 10.6. The van der Waals surface area contributed by atoms with Gasteiger partial charge in [0, 0.05) is 76.5 Å². The molecule has 0 bridgehead atoms. The molecular weight excluding hydrogens is 524 g/mol. The third-order valence-electron chi connectivity index (χ3n) is 9.92. The molecule has 0 amide bonds. The average Bonchev–Trinajstić information content (AvgIpc) is 3.75. The summed E-state index contributed by atoms with van der Waals surface area (Å²) in [6.45, 7) is 14.9. The Labute approximate surface area is 253 Å². The molecule has 2 saturated heterocycles. The lowest BCUT2D eigenvalue weighted by Crippen LogP contribution is -3.16. The predicted molar refractivity (Wildman–Crippen MR) is 169 cm³/mol. The number of benzene rings is 1. The van der Waals surface area contributed by atoms with E-state index in [1.807, 2.05) is 24.3 Å². The molecule has 1 atom stereocenters. The van der Waals surface area contributed by atoms with Crippen LogP contribution in [0.5, 0.6) is 0 Å². The minimum atomic E-state index is -0.582. The van der Waals surface area contributed by atoms with Gasteiger partial charge in [-0.1, -0.05) is 24.3 Å². The zero-order valence-electron chi connectivity index (χ0n) is 26.3. The molecule has 0 spiro atoms. The second-order valence-electron chi connectivity index (χ2n) is 12.4. The number of rotatable bonds is 14. The number of ketones is 1. The predicted octanol–water partition coefficient (Wildman–Crippen LogP) is 1.68. The van der Waals surface area contributed by atoms with Gasteiger partial charge in [0.05, 0.1) is 26.2 Å². The van der Waals surface area contributed by atoms with Gasteiger partial charge in [-0.15, -0.1) is 5.76 Å². The van der Waals surface area contributed by atoms with Gasteiger partial charge in [0.25, 0.3) is 0 Å². The van der Waals surface area contributed by atoms with Crippen molar-refractivity contribution in [2.75, 3.05) is 84.4 Å². The maximum Gasteiger partial charge on any atom is 0.169 e. The first-order chi connectivity index (χ1) is 20.4. The van der Waals surface area contributed by atoms with Crippen LogP contribution in [0.1, 0.15) is 45.1 Å². The van der Waals surface area contributed by atoms with Crippen LogP contribution in [0.2, 0.25) is 0 Å². The van der Waals surface area contributed by atoms with Crippen molar-refractivity contribution in [2.24, 2.45) is 11.8 Å². The summed E-state index contributed by atoms with van der Waals surface area (Å²) in [6, 6.07) is 8.15. The number of quaternary nitrogens is 1. The second kappa shape index (κ2) is 14.3. The summed E-state index contributed by atoms with van der Waals surface area (Å²) >= 11 is 0. The van der Waals surface area contributed by atoms with Gasteiger partial charge in [-0.25, -0.2) is 20.0 Å². The number of carbonyl (C=O) groups is 1. The van der Waals surface area contributed by atoms with Gasteiger partial charge in [-0.05, 0) is 69.4 Å². The van der Waals surface area contributed by atoms with Gasteiger partial charge < -0.3 is 14.9 Å². The lowest BCUT2D eigenvalue weighted by Gasteiger charge is -2.41. The van der Waals surface area contributed by atoms with Crippen molar-refractivity contribution in [3.8, 4) is 0 Å². The number of hydrazine groups is 2. The fourth-order valence-electron chi connectivity index (χ4n) is 7.09. The summed E-state index contributed by atoms with van der Waals surface area (Å²) < 4.78 is 0. The Hall–Kier alpha value is -2.49. The van der Waals surface area contributed by atoms with E-state index in [0.29, 0.717) is 5.57 Å². The molecule has 8 heteroatoms. The van der Waals surface area contributed by atoms with Crippen molar-refractivity contribution in [3.05, 3.63) is 59.9 Å². The van der Waals surface area contributed by atoms with Crippen molar-refractivity contribution in [1.29, 1.82) is 0 Å². The normalized spacial score (nSPS) is 25.0. The molecule has 5 rings (SSSR count). The zero-order chi connectivity index (χ0) is 29.6. The van der Waals surface area contributed by atoms with Crippen LogP contribution >= 0.6 is 0 Å². The summed E-state index contributed by atoms with van der Waals surface area (Å²) in [5.74, 6) is -0.767. The Morgan fingerprint density at radius 1 is 0.810 bits per heavy atom. The number of allylic oxidation sites excluding steroid dienone is 4. The first kappa shape index (κ1) is 31.0. The van der Waals surface area contributed by atoms with E-state index >= 15 is 0 Å². The highest BCUT2D eigenvalue weighted by molar-refractivity contribution is 6.29. The number of anilines is 1. The first-order valence-corrected chi connectivity index (χ1v) is 16.3. The average molecular weight is 577 g/mol. The van der Waals surface area contributed by atoms with E-state index in [4.69, 9.17) is 0 Å². The molecule has 1 aromatic rings. The maximum absolute atomic E-state index is 13.3. The van der Waals surface area contributed by atoms with Crippen molar-refractivity contribution in [1.82, 2.24) is 20.0 Å². The molecule has 2 aliphatic heterocycles. The SMILES string of the molecule is CCN(CC)c1ccc(C2=C([O-])C(C3C=CC([NH+](CCN(C)N4CCCC4)CCN(C)N4CCCC4)C=C3)C2=O)cc1. The van der Waals surface area contributed by atoms with Crippen molar-refractivity contribution in [3.63, 3.8) is 0 Å². The van der Waals surface area contributed by atoms with Crippen molar-refractivity contribution >= 4 is 17.0 Å². The van der Waals surface area contributed by atoms with E-state index in [9.17, 15) is 9.90 Å². The fraction of sp³-hybridized carbons (Fsp3) is 0.618. The smallest absolute Gasteiger partial charge is 0.169 e. The topological polar surface area (TPSA) is 60.8 Å². The fourth-order valence-corrected chi connectivity index (χ4v) is 7.09. The van der Waals surface area contributed by atoms with Crippen molar-refractivity contribution in [2.45, 2.75) is 45.6 Å². The number of hydrogen-bond donors (Lipinski definition) is 1. The van der Waals surface area contributed by atoms with Gasteiger partial charge in [0.2, 0.25) is 0 Å². The molecule has 1 N–H and O–H groups in total. The molecule has 1 aromatic carbocycles. The lowest BCUT2D eigenvalue weighted by molar-refractivity contribution is -0.911. The van der Waals surface area contributed by atoms with Crippen LogP contribution in [0, 0.1) is 11.8 Å². The van der Waals surface area contributed by atoms with Gasteiger partial charge in [0.15, 0.2) is 5.78 Å². The number of nitrogens with one attached hydrogen (secondary N) is 1. The monoisotopic (exact) mass is 576 g/mol. The summed E-state index contributed by atoms with van der Waals surface area (Å²) in [5, 5.41) is 23.0. The van der Waals surface area contributed by atoms with Gasteiger partial charge in [0.1, 0.15) is 6.04 Å². The van der Waals surface area contributed by atoms with Crippen LogP contribution in [-0.2, 0) is 4.79 Å². The summed E-state index contributed by atoms with van der Waals surface area (Å²) in [4.78, 5) is 17.1. The number of Topliss-reactive ketones (excluding diaryl/α,β-unsaturated/α-hetero) is 1. The third-order valence-corrected chi connectivity index (χ3v) is 9.92. The largest absolute Gasteiger partial charge is 0.874 e. The Bertz CT molecular complexity index is 1090. The molecule has 2 heterocycles. The summed E-state index contributed by atoms with van der Waals surface area (Å²) in [6.07, 6.45) is 13.9. The van der Waals surface area contributed by atoms with E-state index in [-0.39, 0.29) is 23.5 Å². The van der Waals surface area contributed by atoms with Crippen LogP contribution in [0.3, 0.4) is 0 Å². The van der Waals surface area contributed by atoms with Crippen molar-refractivity contribution < 1.29 is 14.8 Å². The molecule has 1 unspecified atom stereocenters. The molecule has 0 aromatic heterocycles. The van der Waals surface area contributed by atoms with Crippen LogP contribution in [0.4, 0.5) is 5.69 Å². The summed E-state index contributed by atoms with van der Waals surface area (Å²) in [5.41, 5.74) is 2.24. The maximum atomic E-state index is 13.3.